The van der Waals surface area contributed by atoms with Gasteiger partial charge in [0.1, 0.15) is 0 Å². The first-order chi connectivity index (χ1) is 3.62. The van der Waals surface area contributed by atoms with Gasteiger partial charge in [-0.25, -0.2) is 0 Å². The largest absolute Gasteiger partial charge is 0.396 e. The maximum absolute atomic E-state index is 8.53. The van der Waals surface area contributed by atoms with Crippen LogP contribution in [0.4, 0.5) is 0 Å². The fraction of sp³-hybridized carbons (Fsp3) is 1.00. The second kappa shape index (κ2) is 4.80. The van der Waals surface area contributed by atoms with Crippen LogP contribution in [0.3, 0.4) is 0 Å². The van der Waals surface area contributed by atoms with Crippen molar-refractivity contribution >= 4 is 0 Å². The highest BCUT2D eigenvalue weighted by Crippen LogP contribution is 2.22. The van der Waals surface area contributed by atoms with Crippen molar-refractivity contribution in [2.24, 2.45) is 5.41 Å². The molecule has 1 nitrogen and oxygen atoms in total. The summed E-state index contributed by atoms with van der Waals surface area (Å²) in [5, 5.41) is 8.53. The molecular weight excluding hydrogens is 112 g/mol. The van der Waals surface area contributed by atoms with Crippen molar-refractivity contribution < 1.29 is 5.11 Å². The molecule has 1 N–H and O–H groups in total. The van der Waals surface area contributed by atoms with Crippen LogP contribution in [0, 0.1) is 5.41 Å². The quantitative estimate of drug-likeness (QED) is 0.625. The van der Waals surface area contributed by atoms with E-state index < -0.39 is 0 Å². The van der Waals surface area contributed by atoms with Crippen molar-refractivity contribution in [2.45, 2.75) is 41.0 Å². The van der Waals surface area contributed by atoms with Crippen molar-refractivity contribution in [3.05, 3.63) is 0 Å². The van der Waals surface area contributed by atoms with E-state index >= 15 is 0 Å². The summed E-state index contributed by atoms with van der Waals surface area (Å²) in [6.07, 6.45) is 2.07. The molecule has 0 saturated carbocycles. The van der Waals surface area contributed by atoms with Crippen LogP contribution in [0.5, 0.6) is 0 Å². The van der Waals surface area contributed by atoms with Crippen LogP contribution in [-0.2, 0) is 0 Å². The minimum absolute atomic E-state index is 0. The van der Waals surface area contributed by atoms with Crippen LogP contribution in [-0.4, -0.2) is 11.7 Å². The van der Waals surface area contributed by atoms with Crippen LogP contribution < -0.4 is 0 Å². The topological polar surface area (TPSA) is 20.2 Å². The summed E-state index contributed by atoms with van der Waals surface area (Å²) in [5.74, 6) is 0. The predicted molar refractivity (Wildman–Crippen MR) is 42.5 cm³/mol. The fourth-order valence-corrected chi connectivity index (χ4v) is 0.479. The molecule has 0 amide bonds. The van der Waals surface area contributed by atoms with Gasteiger partial charge in [0.05, 0.1) is 0 Å². The second-order valence-corrected chi connectivity index (χ2v) is 2.99. The summed E-state index contributed by atoms with van der Waals surface area (Å²) in [7, 11) is 0. The fourth-order valence-electron chi connectivity index (χ4n) is 0.479. The maximum Gasteiger partial charge on any atom is 0.0436 e. The first-order valence-electron chi connectivity index (χ1n) is 3.23. The third-order valence-corrected chi connectivity index (χ3v) is 1.75. The van der Waals surface area contributed by atoms with Gasteiger partial charge in [-0.15, -0.1) is 0 Å². The van der Waals surface area contributed by atoms with E-state index in [9.17, 15) is 0 Å². The molecule has 0 aromatic carbocycles. The van der Waals surface area contributed by atoms with Crippen molar-refractivity contribution in [3.8, 4) is 0 Å². The smallest absolute Gasteiger partial charge is 0.0436 e. The zero-order chi connectivity index (χ0) is 6.62. The Morgan fingerprint density at radius 2 is 1.78 bits per heavy atom. The number of hydrogen-bond acceptors (Lipinski definition) is 1. The van der Waals surface area contributed by atoms with Gasteiger partial charge in [0.15, 0.2) is 0 Å². The lowest BCUT2D eigenvalue weighted by Crippen LogP contribution is -2.10. The molecule has 0 aromatic heterocycles. The average molecular weight is 132 g/mol. The van der Waals surface area contributed by atoms with Crippen molar-refractivity contribution in [3.63, 3.8) is 0 Å². The molecule has 0 fully saturated rings. The van der Waals surface area contributed by atoms with E-state index in [0.29, 0.717) is 12.0 Å². The highest BCUT2D eigenvalue weighted by Gasteiger charge is 2.12. The molecule has 0 unspecified atom stereocenters. The maximum atomic E-state index is 8.53. The Morgan fingerprint density at radius 1 is 1.33 bits per heavy atom. The Morgan fingerprint density at radius 3 is 1.89 bits per heavy atom. The van der Waals surface area contributed by atoms with E-state index in [1.165, 1.54) is 0 Å². The van der Waals surface area contributed by atoms with E-state index in [4.69, 9.17) is 5.11 Å². The molecule has 0 rings (SSSR count). The van der Waals surface area contributed by atoms with Crippen LogP contribution >= 0.6 is 0 Å². The van der Waals surface area contributed by atoms with Gasteiger partial charge in [-0.3, -0.25) is 0 Å². The molecule has 0 aromatic rings. The van der Waals surface area contributed by atoms with Gasteiger partial charge in [-0.2, -0.15) is 0 Å². The summed E-state index contributed by atoms with van der Waals surface area (Å²) >= 11 is 0. The summed E-state index contributed by atoms with van der Waals surface area (Å²) in [5.41, 5.74) is 0.342. The van der Waals surface area contributed by atoms with Gasteiger partial charge in [-0.05, 0) is 11.8 Å². The third kappa shape index (κ3) is 5.84. The lowest BCUT2D eigenvalue weighted by molar-refractivity contribution is 0.207. The molecule has 1 heteroatoms. The Balaban J connectivity index is 0. The third-order valence-electron chi connectivity index (χ3n) is 1.75. The van der Waals surface area contributed by atoms with Gasteiger partial charge < -0.3 is 5.11 Å². The zero-order valence-electron chi connectivity index (χ0n) is 6.07. The Labute approximate surface area is 59.1 Å². The molecule has 9 heavy (non-hydrogen) atoms. The minimum atomic E-state index is 0. The van der Waals surface area contributed by atoms with Crippen LogP contribution in [0.15, 0.2) is 0 Å². The van der Waals surface area contributed by atoms with Crippen molar-refractivity contribution in [1.82, 2.24) is 0 Å². The summed E-state index contributed by atoms with van der Waals surface area (Å²) in [6, 6.07) is 0. The summed E-state index contributed by atoms with van der Waals surface area (Å²) < 4.78 is 0. The minimum Gasteiger partial charge on any atom is -0.396 e. The standard InChI is InChI=1S/C7H16O.CH4/c1-4-7(2,3)5-6-8;/h8H,4-6H2,1-3H3;1H4. The molecule has 0 aliphatic heterocycles. The summed E-state index contributed by atoms with van der Waals surface area (Å²) in [4.78, 5) is 0. The molecule has 0 saturated heterocycles. The number of hydrogen-bond donors (Lipinski definition) is 1. The van der Waals surface area contributed by atoms with E-state index in [-0.39, 0.29) is 7.43 Å². The first-order valence-corrected chi connectivity index (χ1v) is 3.23. The van der Waals surface area contributed by atoms with Gasteiger partial charge in [0.2, 0.25) is 0 Å². The van der Waals surface area contributed by atoms with E-state index in [1.54, 1.807) is 0 Å². The van der Waals surface area contributed by atoms with Gasteiger partial charge >= 0.3 is 0 Å². The van der Waals surface area contributed by atoms with Crippen LogP contribution in [0.25, 0.3) is 0 Å². The van der Waals surface area contributed by atoms with Gasteiger partial charge in [-0.1, -0.05) is 34.6 Å². The molecule has 0 bridgehead atoms. The number of aliphatic hydroxyl groups is 1. The molecule has 0 heterocycles. The lowest BCUT2D eigenvalue weighted by Gasteiger charge is -2.20. The first kappa shape index (κ1) is 11.7. The van der Waals surface area contributed by atoms with Crippen molar-refractivity contribution in [2.75, 3.05) is 6.61 Å². The lowest BCUT2D eigenvalue weighted by atomic mass is 9.87. The van der Waals surface area contributed by atoms with E-state index in [1.807, 2.05) is 0 Å². The molecule has 0 radical (unpaired) electrons. The molecule has 0 atom stereocenters. The highest BCUT2D eigenvalue weighted by atomic mass is 16.3. The monoisotopic (exact) mass is 132 g/mol. The molecule has 0 aliphatic rings. The highest BCUT2D eigenvalue weighted by molar-refractivity contribution is 4.64. The second-order valence-electron chi connectivity index (χ2n) is 2.99. The average Bonchev–Trinajstić information content (AvgIpc) is 1.67. The molecule has 0 aliphatic carbocycles. The van der Waals surface area contributed by atoms with Crippen LogP contribution in [0.1, 0.15) is 41.0 Å². The van der Waals surface area contributed by atoms with Crippen molar-refractivity contribution in [1.29, 1.82) is 0 Å². The zero-order valence-corrected chi connectivity index (χ0v) is 6.07. The number of rotatable bonds is 3. The van der Waals surface area contributed by atoms with E-state index in [0.717, 1.165) is 12.8 Å². The predicted octanol–water partition coefficient (Wildman–Crippen LogP) is 2.44. The molecule has 58 valence electrons. The Hall–Kier alpha value is -0.0400. The van der Waals surface area contributed by atoms with E-state index in [2.05, 4.69) is 20.8 Å². The Bertz CT molecular complexity index is 57.6. The number of aliphatic hydroxyl groups excluding tert-OH is 1. The molecular formula is C8H20O. The molecule has 0 spiro atoms. The SMILES string of the molecule is C.CCC(C)(C)CCO. The summed E-state index contributed by atoms with van der Waals surface area (Å²) in [6.45, 7) is 6.81. The Kier molecular flexibility index (Phi) is 6.25. The normalized spacial score (nSPS) is 10.7. The van der Waals surface area contributed by atoms with Gasteiger partial charge in [0, 0.05) is 6.61 Å². The van der Waals surface area contributed by atoms with Crippen LogP contribution in [0.2, 0.25) is 0 Å². The van der Waals surface area contributed by atoms with Gasteiger partial charge in [0.25, 0.3) is 0 Å².